The molecule has 0 aromatic heterocycles. The highest BCUT2D eigenvalue weighted by Crippen LogP contribution is 2.42. The highest BCUT2D eigenvalue weighted by molar-refractivity contribution is 6.00. The third kappa shape index (κ3) is 3.05. The van der Waals surface area contributed by atoms with E-state index in [0.717, 1.165) is 5.76 Å². The summed E-state index contributed by atoms with van der Waals surface area (Å²) in [5.74, 6) is 1.79. The number of hydrogen-bond donors (Lipinski definition) is 0. The molecule has 1 aliphatic carbocycles. The molecule has 0 saturated carbocycles. The molecule has 6 heteroatoms. The lowest BCUT2D eigenvalue weighted by Gasteiger charge is -2.22. The summed E-state index contributed by atoms with van der Waals surface area (Å²) < 4.78 is 27.3. The number of carbonyl (C=O) groups is 1. The largest absolute Gasteiger partial charge is 0.497 e. The standard InChI is InChI=1S/C20H24O6/c1-11-18(14-7-6-13(22-2)10-15(14)26-11)19(21)12-8-16(23-3)20(25-5)17(9-12)24-4/h6-11,14-15,18H,1-5H3. The molecule has 1 aliphatic heterocycles. The molecule has 1 fully saturated rings. The molecule has 2 aliphatic rings. The molecule has 1 aromatic rings. The molecule has 0 amide bonds. The molecule has 0 radical (unpaired) electrons. The van der Waals surface area contributed by atoms with Gasteiger partial charge in [0.1, 0.15) is 5.76 Å². The third-order valence-corrected chi connectivity index (χ3v) is 4.97. The number of allylic oxidation sites excluding steroid dienone is 1. The summed E-state index contributed by atoms with van der Waals surface area (Å²) in [6.07, 6.45) is 5.42. The summed E-state index contributed by atoms with van der Waals surface area (Å²) in [5, 5.41) is 0. The van der Waals surface area contributed by atoms with Crippen LogP contribution in [0.3, 0.4) is 0 Å². The Labute approximate surface area is 153 Å². The van der Waals surface area contributed by atoms with Gasteiger partial charge in [-0.1, -0.05) is 6.08 Å². The van der Waals surface area contributed by atoms with E-state index in [0.29, 0.717) is 22.8 Å². The second kappa shape index (κ2) is 7.41. The van der Waals surface area contributed by atoms with Gasteiger partial charge in [-0.15, -0.1) is 0 Å². The average Bonchev–Trinajstić information content (AvgIpc) is 3.00. The zero-order valence-corrected chi connectivity index (χ0v) is 15.6. The Kier molecular flexibility index (Phi) is 5.23. The van der Waals surface area contributed by atoms with E-state index in [1.165, 1.54) is 21.3 Å². The van der Waals surface area contributed by atoms with Crippen molar-refractivity contribution in [3.63, 3.8) is 0 Å². The molecule has 1 heterocycles. The van der Waals surface area contributed by atoms with Gasteiger partial charge in [0.15, 0.2) is 17.3 Å². The van der Waals surface area contributed by atoms with Gasteiger partial charge in [0.05, 0.1) is 46.6 Å². The van der Waals surface area contributed by atoms with Crippen molar-refractivity contribution in [2.45, 2.75) is 19.1 Å². The van der Waals surface area contributed by atoms with Crippen LogP contribution < -0.4 is 14.2 Å². The molecule has 4 atom stereocenters. The fourth-order valence-corrected chi connectivity index (χ4v) is 3.68. The predicted octanol–water partition coefficient (Wildman–Crippen LogP) is 3.01. The lowest BCUT2D eigenvalue weighted by molar-refractivity contribution is 0.0596. The highest BCUT2D eigenvalue weighted by atomic mass is 16.5. The molecular weight excluding hydrogens is 336 g/mol. The van der Waals surface area contributed by atoms with Gasteiger partial charge >= 0.3 is 0 Å². The summed E-state index contributed by atoms with van der Waals surface area (Å²) in [7, 11) is 6.22. The highest BCUT2D eigenvalue weighted by Gasteiger charge is 2.45. The molecule has 1 saturated heterocycles. The van der Waals surface area contributed by atoms with E-state index in [9.17, 15) is 4.79 Å². The minimum absolute atomic E-state index is 0.0110. The van der Waals surface area contributed by atoms with Crippen molar-refractivity contribution in [3.8, 4) is 17.2 Å². The average molecular weight is 360 g/mol. The Balaban J connectivity index is 1.95. The van der Waals surface area contributed by atoms with E-state index in [4.69, 9.17) is 23.7 Å². The Bertz CT molecular complexity index is 726. The number of rotatable bonds is 6. The van der Waals surface area contributed by atoms with Crippen LogP contribution in [0.1, 0.15) is 17.3 Å². The van der Waals surface area contributed by atoms with E-state index in [1.807, 2.05) is 25.2 Å². The number of fused-ring (bicyclic) bond motifs is 1. The van der Waals surface area contributed by atoms with Gasteiger partial charge in [-0.2, -0.15) is 0 Å². The van der Waals surface area contributed by atoms with Crippen molar-refractivity contribution in [3.05, 3.63) is 41.7 Å². The van der Waals surface area contributed by atoms with E-state index in [1.54, 1.807) is 19.2 Å². The molecule has 0 bridgehead atoms. The van der Waals surface area contributed by atoms with Crippen LogP contribution in [-0.4, -0.2) is 46.4 Å². The summed E-state index contributed by atoms with van der Waals surface area (Å²) in [6, 6.07) is 3.37. The van der Waals surface area contributed by atoms with E-state index >= 15 is 0 Å². The van der Waals surface area contributed by atoms with E-state index < -0.39 is 0 Å². The lowest BCUT2D eigenvalue weighted by atomic mass is 9.80. The zero-order valence-electron chi connectivity index (χ0n) is 15.6. The van der Waals surface area contributed by atoms with Crippen LogP contribution in [0.4, 0.5) is 0 Å². The second-order valence-electron chi connectivity index (χ2n) is 6.32. The zero-order chi connectivity index (χ0) is 18.8. The number of methoxy groups -OCH3 is 4. The SMILES string of the molecule is COC1=CC2OC(C)C(C(=O)c3cc(OC)c(OC)c(OC)c3)C2C=C1. The number of benzene rings is 1. The first-order chi connectivity index (χ1) is 12.5. The number of hydrogen-bond acceptors (Lipinski definition) is 6. The Morgan fingerprint density at radius 3 is 2.19 bits per heavy atom. The van der Waals surface area contributed by atoms with E-state index in [-0.39, 0.29) is 29.8 Å². The van der Waals surface area contributed by atoms with Gasteiger partial charge in [0, 0.05) is 11.5 Å². The third-order valence-electron chi connectivity index (χ3n) is 4.97. The number of Topliss-reactive ketones (excluding diaryl/α,β-unsaturated/α-hetero) is 1. The van der Waals surface area contributed by atoms with Crippen LogP contribution in [0, 0.1) is 11.8 Å². The summed E-state index contributed by atoms with van der Waals surface area (Å²) in [6.45, 7) is 1.92. The minimum Gasteiger partial charge on any atom is -0.497 e. The van der Waals surface area contributed by atoms with Gasteiger partial charge in [-0.3, -0.25) is 4.79 Å². The molecule has 6 nitrogen and oxygen atoms in total. The Morgan fingerprint density at radius 1 is 1.00 bits per heavy atom. The maximum Gasteiger partial charge on any atom is 0.203 e. The van der Waals surface area contributed by atoms with Crippen LogP contribution in [0.2, 0.25) is 0 Å². The quantitative estimate of drug-likeness (QED) is 0.727. The lowest BCUT2D eigenvalue weighted by Crippen LogP contribution is -2.28. The van der Waals surface area contributed by atoms with Gasteiger partial charge in [0.25, 0.3) is 0 Å². The van der Waals surface area contributed by atoms with Gasteiger partial charge in [-0.25, -0.2) is 0 Å². The Hall–Kier alpha value is -2.47. The molecule has 26 heavy (non-hydrogen) atoms. The number of carbonyl (C=O) groups excluding carboxylic acids is 1. The maximum absolute atomic E-state index is 13.3. The topological polar surface area (TPSA) is 63.2 Å². The first-order valence-electron chi connectivity index (χ1n) is 8.47. The summed E-state index contributed by atoms with van der Waals surface area (Å²) >= 11 is 0. The number of ether oxygens (including phenoxy) is 5. The fourth-order valence-electron chi connectivity index (χ4n) is 3.68. The molecular formula is C20H24O6. The molecule has 3 rings (SSSR count). The number of ketones is 1. The fraction of sp³-hybridized carbons (Fsp3) is 0.450. The van der Waals surface area contributed by atoms with Crippen LogP contribution in [0.5, 0.6) is 17.2 Å². The molecule has 0 N–H and O–H groups in total. The van der Waals surface area contributed by atoms with Crippen molar-refractivity contribution in [1.82, 2.24) is 0 Å². The minimum atomic E-state index is -0.297. The normalized spacial score (nSPS) is 26.7. The monoisotopic (exact) mass is 360 g/mol. The van der Waals surface area contributed by atoms with Gasteiger partial charge in [-0.05, 0) is 31.2 Å². The van der Waals surface area contributed by atoms with Crippen molar-refractivity contribution in [2.24, 2.45) is 11.8 Å². The van der Waals surface area contributed by atoms with Crippen molar-refractivity contribution >= 4 is 5.78 Å². The van der Waals surface area contributed by atoms with Crippen LogP contribution in [0.25, 0.3) is 0 Å². The molecule has 140 valence electrons. The van der Waals surface area contributed by atoms with Crippen molar-refractivity contribution in [2.75, 3.05) is 28.4 Å². The van der Waals surface area contributed by atoms with Gasteiger partial charge in [0.2, 0.25) is 5.75 Å². The molecule has 1 aromatic carbocycles. The second-order valence-corrected chi connectivity index (χ2v) is 6.32. The van der Waals surface area contributed by atoms with Crippen molar-refractivity contribution in [1.29, 1.82) is 0 Å². The predicted molar refractivity (Wildman–Crippen MR) is 96.0 cm³/mol. The Morgan fingerprint density at radius 2 is 1.65 bits per heavy atom. The molecule has 0 spiro atoms. The molecule has 4 unspecified atom stereocenters. The van der Waals surface area contributed by atoms with E-state index in [2.05, 4.69) is 0 Å². The van der Waals surface area contributed by atoms with Gasteiger partial charge < -0.3 is 23.7 Å². The summed E-state index contributed by atoms with van der Waals surface area (Å²) in [4.78, 5) is 13.3. The van der Waals surface area contributed by atoms with Crippen LogP contribution >= 0.6 is 0 Å². The van der Waals surface area contributed by atoms with Crippen LogP contribution in [0.15, 0.2) is 36.1 Å². The first-order valence-corrected chi connectivity index (χ1v) is 8.47. The van der Waals surface area contributed by atoms with Crippen molar-refractivity contribution < 1.29 is 28.5 Å². The first kappa shape index (κ1) is 18.3. The van der Waals surface area contributed by atoms with Crippen LogP contribution in [-0.2, 0) is 9.47 Å². The smallest absolute Gasteiger partial charge is 0.203 e. The summed E-state index contributed by atoms with van der Waals surface area (Å²) in [5.41, 5.74) is 0.510. The maximum atomic E-state index is 13.3.